The number of hydrogen-bond acceptors (Lipinski definition) is 3. The van der Waals surface area contributed by atoms with Gasteiger partial charge in [0.15, 0.2) is 6.10 Å². The number of ether oxygens (including phenoxy) is 2. The maximum absolute atomic E-state index is 12.3. The van der Waals surface area contributed by atoms with Gasteiger partial charge >= 0.3 is 0 Å². The number of Topliss-reactive ketones (excluding diaryl/α,β-unsaturated/α-hetero) is 1. The van der Waals surface area contributed by atoms with Crippen molar-refractivity contribution in [2.24, 2.45) is 0 Å². The molecule has 0 aliphatic rings. The van der Waals surface area contributed by atoms with Crippen molar-refractivity contribution in [1.82, 2.24) is 0 Å². The largest absolute Gasteiger partial charge is 0.497 e. The third kappa shape index (κ3) is 3.39. The summed E-state index contributed by atoms with van der Waals surface area (Å²) < 4.78 is 11.6. The number of hydrogen-bond donors (Lipinski definition) is 0. The molecule has 4 heteroatoms. The van der Waals surface area contributed by atoms with Crippen molar-refractivity contribution >= 4 is 21.7 Å². The predicted octanol–water partition coefficient (Wildman–Crippen LogP) is 4.11. The third-order valence-corrected chi connectivity index (χ3v) is 3.54. The number of carbonyl (C=O) groups excluding carboxylic acids is 1. The second-order valence-electron chi connectivity index (χ2n) is 4.28. The van der Waals surface area contributed by atoms with E-state index in [0.29, 0.717) is 11.3 Å². The molecule has 2 aromatic rings. The van der Waals surface area contributed by atoms with E-state index in [9.17, 15) is 4.79 Å². The highest BCUT2D eigenvalue weighted by Crippen LogP contribution is 2.25. The number of rotatable bonds is 5. The van der Waals surface area contributed by atoms with E-state index in [1.54, 1.807) is 38.3 Å². The van der Waals surface area contributed by atoms with Gasteiger partial charge in [0.1, 0.15) is 11.5 Å². The van der Waals surface area contributed by atoms with Gasteiger partial charge in [0.2, 0.25) is 5.78 Å². The molecule has 0 bridgehead atoms. The molecule has 1 unspecified atom stereocenters. The number of halogens is 1. The van der Waals surface area contributed by atoms with Gasteiger partial charge in [-0.2, -0.15) is 0 Å². The summed E-state index contributed by atoms with van der Waals surface area (Å²) in [4.78, 5) is 12.3. The minimum Gasteiger partial charge on any atom is -0.497 e. The molecule has 20 heavy (non-hydrogen) atoms. The van der Waals surface area contributed by atoms with Crippen LogP contribution in [-0.2, 0) is 0 Å². The summed E-state index contributed by atoms with van der Waals surface area (Å²) >= 11 is 3.40. The number of benzene rings is 2. The molecular weight excluding hydrogens is 320 g/mol. The van der Waals surface area contributed by atoms with Gasteiger partial charge in [-0.15, -0.1) is 0 Å². The minimum absolute atomic E-state index is 0.0663. The lowest BCUT2D eigenvalue weighted by atomic mass is 10.1. The average molecular weight is 335 g/mol. The SMILES string of the molecule is COc1ccc(C(=O)C(C)Oc2ccccc2Br)cc1. The molecule has 0 radical (unpaired) electrons. The normalized spacial score (nSPS) is 11.8. The summed E-state index contributed by atoms with van der Waals surface area (Å²) in [5.74, 6) is 1.31. The zero-order valence-electron chi connectivity index (χ0n) is 11.3. The van der Waals surface area contributed by atoms with Gasteiger partial charge in [0, 0.05) is 5.56 Å². The van der Waals surface area contributed by atoms with Gasteiger partial charge in [-0.25, -0.2) is 0 Å². The Morgan fingerprint density at radius 3 is 2.35 bits per heavy atom. The van der Waals surface area contributed by atoms with Crippen LogP contribution in [-0.4, -0.2) is 19.0 Å². The number of carbonyl (C=O) groups is 1. The third-order valence-electron chi connectivity index (χ3n) is 2.88. The highest BCUT2D eigenvalue weighted by atomic mass is 79.9. The number of para-hydroxylation sites is 1. The lowest BCUT2D eigenvalue weighted by Gasteiger charge is -2.15. The molecule has 0 aliphatic carbocycles. The fraction of sp³-hybridized carbons (Fsp3) is 0.188. The van der Waals surface area contributed by atoms with Crippen LogP contribution in [0.15, 0.2) is 53.0 Å². The lowest BCUT2D eigenvalue weighted by molar-refractivity contribution is 0.0817. The average Bonchev–Trinajstić information content (AvgIpc) is 2.49. The van der Waals surface area contributed by atoms with Crippen LogP contribution in [0, 0.1) is 0 Å². The molecule has 3 nitrogen and oxygen atoms in total. The van der Waals surface area contributed by atoms with Crippen LogP contribution in [0.1, 0.15) is 17.3 Å². The van der Waals surface area contributed by atoms with Gasteiger partial charge in [0.25, 0.3) is 0 Å². The van der Waals surface area contributed by atoms with Crippen LogP contribution in [0.25, 0.3) is 0 Å². The second kappa shape index (κ2) is 6.57. The van der Waals surface area contributed by atoms with Crippen LogP contribution in [0.3, 0.4) is 0 Å². The fourth-order valence-corrected chi connectivity index (χ4v) is 2.15. The van der Waals surface area contributed by atoms with Crippen molar-refractivity contribution in [2.45, 2.75) is 13.0 Å². The quantitative estimate of drug-likeness (QED) is 0.772. The van der Waals surface area contributed by atoms with Crippen LogP contribution >= 0.6 is 15.9 Å². The van der Waals surface area contributed by atoms with Gasteiger partial charge in [-0.1, -0.05) is 12.1 Å². The van der Waals surface area contributed by atoms with E-state index in [2.05, 4.69) is 15.9 Å². The summed E-state index contributed by atoms with van der Waals surface area (Å²) in [5, 5.41) is 0. The molecule has 0 amide bonds. The molecule has 0 aliphatic heterocycles. The standard InChI is InChI=1S/C16H15BrO3/c1-11(20-15-6-4-3-5-14(15)17)16(18)12-7-9-13(19-2)10-8-12/h3-11H,1-2H3. The lowest BCUT2D eigenvalue weighted by Crippen LogP contribution is -2.24. The summed E-state index contributed by atoms with van der Waals surface area (Å²) in [6.07, 6.45) is -0.554. The Morgan fingerprint density at radius 1 is 1.10 bits per heavy atom. The summed E-state index contributed by atoms with van der Waals surface area (Å²) in [6, 6.07) is 14.5. The maximum Gasteiger partial charge on any atom is 0.202 e. The zero-order chi connectivity index (χ0) is 14.5. The molecule has 0 saturated heterocycles. The predicted molar refractivity (Wildman–Crippen MR) is 81.6 cm³/mol. The number of ketones is 1. The molecule has 0 saturated carbocycles. The van der Waals surface area contributed by atoms with Crippen LogP contribution < -0.4 is 9.47 Å². The highest BCUT2D eigenvalue weighted by molar-refractivity contribution is 9.10. The monoisotopic (exact) mass is 334 g/mol. The second-order valence-corrected chi connectivity index (χ2v) is 5.14. The van der Waals surface area contributed by atoms with Crippen molar-refractivity contribution < 1.29 is 14.3 Å². The first-order valence-electron chi connectivity index (χ1n) is 6.21. The van der Waals surface area contributed by atoms with Crippen molar-refractivity contribution in [3.63, 3.8) is 0 Å². The first-order chi connectivity index (χ1) is 9.61. The topological polar surface area (TPSA) is 35.5 Å². The minimum atomic E-state index is -0.554. The van der Waals surface area contributed by atoms with E-state index in [-0.39, 0.29) is 5.78 Å². The van der Waals surface area contributed by atoms with Gasteiger partial charge in [-0.3, -0.25) is 4.79 Å². The van der Waals surface area contributed by atoms with E-state index in [4.69, 9.17) is 9.47 Å². The molecule has 104 valence electrons. The zero-order valence-corrected chi connectivity index (χ0v) is 12.9. The van der Waals surface area contributed by atoms with Gasteiger partial charge in [0.05, 0.1) is 11.6 Å². The fourth-order valence-electron chi connectivity index (χ4n) is 1.77. The molecule has 0 heterocycles. The van der Waals surface area contributed by atoms with Gasteiger partial charge in [-0.05, 0) is 59.3 Å². The molecule has 0 N–H and O–H groups in total. The Bertz CT molecular complexity index is 593. The van der Waals surface area contributed by atoms with E-state index in [1.807, 2.05) is 24.3 Å². The summed E-state index contributed by atoms with van der Waals surface area (Å²) in [6.45, 7) is 1.74. The first-order valence-corrected chi connectivity index (χ1v) is 7.00. The van der Waals surface area contributed by atoms with E-state index < -0.39 is 6.10 Å². The van der Waals surface area contributed by atoms with Crippen LogP contribution in [0.2, 0.25) is 0 Å². The maximum atomic E-state index is 12.3. The molecule has 2 rings (SSSR count). The number of methoxy groups -OCH3 is 1. The Morgan fingerprint density at radius 2 is 1.75 bits per heavy atom. The Kier molecular flexibility index (Phi) is 4.79. The van der Waals surface area contributed by atoms with Crippen molar-refractivity contribution in [3.05, 3.63) is 58.6 Å². The molecule has 0 fully saturated rings. The Balaban J connectivity index is 2.10. The Labute approximate surface area is 126 Å². The molecule has 2 aromatic carbocycles. The van der Waals surface area contributed by atoms with E-state index >= 15 is 0 Å². The molecule has 0 aromatic heterocycles. The van der Waals surface area contributed by atoms with Crippen molar-refractivity contribution in [3.8, 4) is 11.5 Å². The van der Waals surface area contributed by atoms with Crippen LogP contribution in [0.5, 0.6) is 11.5 Å². The van der Waals surface area contributed by atoms with Gasteiger partial charge < -0.3 is 9.47 Å². The van der Waals surface area contributed by atoms with Crippen molar-refractivity contribution in [1.29, 1.82) is 0 Å². The smallest absolute Gasteiger partial charge is 0.202 e. The van der Waals surface area contributed by atoms with E-state index in [1.165, 1.54) is 0 Å². The van der Waals surface area contributed by atoms with Crippen molar-refractivity contribution in [2.75, 3.05) is 7.11 Å². The molecular formula is C16H15BrO3. The molecule has 1 atom stereocenters. The molecule has 0 spiro atoms. The Hall–Kier alpha value is -1.81. The highest BCUT2D eigenvalue weighted by Gasteiger charge is 2.17. The summed E-state index contributed by atoms with van der Waals surface area (Å²) in [7, 11) is 1.59. The first kappa shape index (κ1) is 14.6. The van der Waals surface area contributed by atoms with E-state index in [0.717, 1.165) is 10.2 Å². The summed E-state index contributed by atoms with van der Waals surface area (Å²) in [5.41, 5.74) is 0.602. The van der Waals surface area contributed by atoms with Crippen LogP contribution in [0.4, 0.5) is 0 Å².